The minimum atomic E-state index is -0.229. The molecular formula is C71H67N. The molecule has 0 aliphatic heterocycles. The first-order chi connectivity index (χ1) is 34.2. The summed E-state index contributed by atoms with van der Waals surface area (Å²) in [5.74, 6) is 0. The Balaban J connectivity index is 0.965. The van der Waals surface area contributed by atoms with Crippen LogP contribution >= 0.6 is 0 Å². The second-order valence-corrected chi connectivity index (χ2v) is 24.7. The van der Waals surface area contributed by atoms with Crippen LogP contribution in [0.4, 0.5) is 17.1 Å². The maximum Gasteiger partial charge on any atom is 0.0465 e. The summed E-state index contributed by atoms with van der Waals surface area (Å²) in [4.78, 5) is 2.48. The van der Waals surface area contributed by atoms with E-state index in [4.69, 9.17) is 0 Å². The Bertz CT molecular complexity index is 3520. The van der Waals surface area contributed by atoms with Gasteiger partial charge in [0.15, 0.2) is 0 Å². The molecule has 3 aliphatic carbocycles. The van der Waals surface area contributed by atoms with Crippen molar-refractivity contribution in [2.75, 3.05) is 4.90 Å². The second-order valence-electron chi connectivity index (χ2n) is 24.7. The van der Waals surface area contributed by atoms with Crippen LogP contribution in [0.15, 0.2) is 188 Å². The first-order valence-electron chi connectivity index (χ1n) is 26.2. The van der Waals surface area contributed by atoms with Gasteiger partial charge in [-0.25, -0.2) is 0 Å². The largest absolute Gasteiger partial charge is 0.310 e. The first-order valence-corrected chi connectivity index (χ1v) is 26.2. The molecule has 0 radical (unpaired) electrons. The molecule has 0 unspecified atom stereocenters. The van der Waals surface area contributed by atoms with Crippen molar-refractivity contribution in [1.82, 2.24) is 0 Å². The maximum absolute atomic E-state index is 2.49. The predicted octanol–water partition coefficient (Wildman–Crippen LogP) is 19.7. The van der Waals surface area contributed by atoms with Crippen molar-refractivity contribution in [3.05, 3.63) is 233 Å². The summed E-state index contributed by atoms with van der Waals surface area (Å²) >= 11 is 0. The van der Waals surface area contributed by atoms with Crippen LogP contribution in [0.2, 0.25) is 0 Å². The van der Waals surface area contributed by atoms with Crippen LogP contribution in [-0.2, 0) is 27.1 Å². The van der Waals surface area contributed by atoms with Crippen molar-refractivity contribution in [2.45, 2.75) is 110 Å². The standard InChI is InChI=1S/C71H67N/c1-67(2,3)49-36-47(37-50(41-49)68(4,5)6)48-38-59(45-20-14-13-15-21-45)66-60(39-48)58-33-28-46(40-63(58)71(66,11)12)44-26-29-51(30-27-44)72(52-31-34-56-54-22-16-18-24-61(54)69(7,8)64(56)42-52)53-32-35-57-55-23-17-19-25-62(55)70(9,10)65(57)43-53/h13-43H,1-12H3. The molecule has 0 N–H and O–H groups in total. The predicted molar refractivity (Wildman–Crippen MR) is 308 cm³/mol. The Morgan fingerprint density at radius 3 is 1.24 bits per heavy atom. The molecular weight excluding hydrogens is 867 g/mol. The number of hydrogen-bond donors (Lipinski definition) is 0. The van der Waals surface area contributed by atoms with Gasteiger partial charge in [0.25, 0.3) is 0 Å². The van der Waals surface area contributed by atoms with E-state index in [2.05, 4.69) is 276 Å². The monoisotopic (exact) mass is 934 g/mol. The Labute approximate surface area is 429 Å². The quantitative estimate of drug-likeness (QED) is 0.161. The molecule has 0 heterocycles. The van der Waals surface area contributed by atoms with Crippen LogP contribution in [0.25, 0.3) is 66.8 Å². The summed E-state index contributed by atoms with van der Waals surface area (Å²) in [6, 6.07) is 72.1. The van der Waals surface area contributed by atoms with Crippen LogP contribution in [0, 0.1) is 0 Å². The van der Waals surface area contributed by atoms with E-state index < -0.39 is 0 Å². The lowest BCUT2D eigenvalue weighted by molar-refractivity contribution is 0.569. The second kappa shape index (κ2) is 15.9. The zero-order valence-electron chi connectivity index (χ0n) is 44.3. The highest BCUT2D eigenvalue weighted by Gasteiger charge is 2.40. The molecule has 3 aliphatic rings. The summed E-state index contributed by atoms with van der Waals surface area (Å²) < 4.78 is 0. The highest BCUT2D eigenvalue weighted by molar-refractivity contribution is 5.94. The Hall–Kier alpha value is -7.22. The minimum Gasteiger partial charge on any atom is -0.310 e. The first kappa shape index (κ1) is 45.9. The third-order valence-corrected chi connectivity index (χ3v) is 16.9. The fourth-order valence-corrected chi connectivity index (χ4v) is 12.7. The van der Waals surface area contributed by atoms with Gasteiger partial charge in [-0.3, -0.25) is 0 Å². The molecule has 0 saturated carbocycles. The number of hydrogen-bond acceptors (Lipinski definition) is 1. The van der Waals surface area contributed by atoms with Crippen molar-refractivity contribution in [2.24, 2.45) is 0 Å². The van der Waals surface area contributed by atoms with E-state index in [0.717, 1.165) is 5.69 Å². The molecule has 72 heavy (non-hydrogen) atoms. The van der Waals surface area contributed by atoms with E-state index in [1.165, 1.54) is 123 Å². The molecule has 356 valence electrons. The molecule has 12 rings (SSSR count). The zero-order valence-corrected chi connectivity index (χ0v) is 44.3. The highest BCUT2D eigenvalue weighted by atomic mass is 15.1. The third-order valence-electron chi connectivity index (χ3n) is 16.9. The SMILES string of the molecule is CC(C)(C)c1cc(-c2cc(-c3ccccc3)c3c(c2)-c2ccc(-c4ccc(N(c5ccc6c(c5)C(C)(C)c5ccccc5-6)c5ccc6c(c5)C(C)(C)c5ccccc5-6)cc4)cc2C3(C)C)cc(C(C)(C)C)c1. The van der Waals surface area contributed by atoms with Gasteiger partial charge in [-0.1, -0.05) is 217 Å². The molecule has 0 spiro atoms. The van der Waals surface area contributed by atoms with Gasteiger partial charge in [-0.05, 0) is 177 Å². The average molecular weight is 934 g/mol. The van der Waals surface area contributed by atoms with Crippen LogP contribution in [0.3, 0.4) is 0 Å². The van der Waals surface area contributed by atoms with Gasteiger partial charge in [0.2, 0.25) is 0 Å². The van der Waals surface area contributed by atoms with Gasteiger partial charge >= 0.3 is 0 Å². The molecule has 1 heteroatoms. The topological polar surface area (TPSA) is 3.24 Å². The number of nitrogens with zero attached hydrogens (tertiary/aromatic N) is 1. The maximum atomic E-state index is 2.49. The van der Waals surface area contributed by atoms with E-state index in [-0.39, 0.29) is 27.1 Å². The normalized spacial score (nSPS) is 15.3. The molecule has 0 saturated heterocycles. The third kappa shape index (κ3) is 7.09. The Kier molecular flexibility index (Phi) is 10.1. The molecule has 0 bridgehead atoms. The van der Waals surface area contributed by atoms with Gasteiger partial charge in [0, 0.05) is 33.3 Å². The molecule has 0 fully saturated rings. The van der Waals surface area contributed by atoms with Crippen molar-refractivity contribution < 1.29 is 0 Å². The number of anilines is 3. The molecule has 0 aromatic heterocycles. The molecule has 0 atom stereocenters. The minimum absolute atomic E-state index is 0.0223. The van der Waals surface area contributed by atoms with E-state index >= 15 is 0 Å². The lowest BCUT2D eigenvalue weighted by Gasteiger charge is -2.30. The number of fused-ring (bicyclic) bond motifs is 9. The summed E-state index contributed by atoms with van der Waals surface area (Å²) in [7, 11) is 0. The fourth-order valence-electron chi connectivity index (χ4n) is 12.7. The Morgan fingerprint density at radius 2 is 0.694 bits per heavy atom. The Morgan fingerprint density at radius 1 is 0.278 bits per heavy atom. The van der Waals surface area contributed by atoms with Crippen molar-refractivity contribution >= 4 is 17.1 Å². The van der Waals surface area contributed by atoms with E-state index in [0.29, 0.717) is 0 Å². The van der Waals surface area contributed by atoms with Gasteiger partial charge in [-0.15, -0.1) is 0 Å². The highest BCUT2D eigenvalue weighted by Crippen LogP contribution is 2.56. The lowest BCUT2D eigenvalue weighted by atomic mass is 9.76. The number of benzene rings is 9. The fraction of sp³-hybridized carbons (Fsp3) is 0.239. The van der Waals surface area contributed by atoms with E-state index in [1.807, 2.05) is 0 Å². The smallest absolute Gasteiger partial charge is 0.0465 e. The molecule has 9 aromatic rings. The van der Waals surface area contributed by atoms with Crippen molar-refractivity contribution in [3.63, 3.8) is 0 Å². The van der Waals surface area contributed by atoms with Crippen LogP contribution in [0.5, 0.6) is 0 Å². The number of rotatable bonds is 6. The summed E-state index contributed by atoms with van der Waals surface area (Å²) in [6.07, 6.45) is 0. The molecule has 9 aromatic carbocycles. The van der Waals surface area contributed by atoms with Gasteiger partial charge in [-0.2, -0.15) is 0 Å². The van der Waals surface area contributed by atoms with E-state index in [1.54, 1.807) is 0 Å². The van der Waals surface area contributed by atoms with Crippen LogP contribution in [-0.4, -0.2) is 0 Å². The summed E-state index contributed by atoms with van der Waals surface area (Å²) in [5.41, 5.74) is 29.7. The average Bonchev–Trinajstić information content (AvgIpc) is 3.85. The lowest BCUT2D eigenvalue weighted by Crippen LogP contribution is -2.18. The van der Waals surface area contributed by atoms with Crippen molar-refractivity contribution in [3.8, 4) is 66.8 Å². The van der Waals surface area contributed by atoms with Gasteiger partial charge in [0.1, 0.15) is 0 Å². The van der Waals surface area contributed by atoms with Gasteiger partial charge in [0.05, 0.1) is 0 Å². The summed E-state index contributed by atoms with van der Waals surface area (Å²) in [5, 5.41) is 0. The molecule has 1 nitrogen and oxygen atoms in total. The van der Waals surface area contributed by atoms with Crippen molar-refractivity contribution in [1.29, 1.82) is 0 Å². The van der Waals surface area contributed by atoms with Crippen LogP contribution < -0.4 is 4.90 Å². The van der Waals surface area contributed by atoms with E-state index in [9.17, 15) is 0 Å². The summed E-state index contributed by atoms with van der Waals surface area (Å²) in [6.45, 7) is 28.4. The zero-order chi connectivity index (χ0) is 50.3. The van der Waals surface area contributed by atoms with Crippen LogP contribution in [0.1, 0.15) is 128 Å². The van der Waals surface area contributed by atoms with Gasteiger partial charge < -0.3 is 4.90 Å². The molecule has 0 amide bonds.